The minimum atomic E-state index is -0.614. The minimum Gasteiger partial charge on any atom is -0.465 e. The quantitative estimate of drug-likeness (QED) is 0.703. The lowest BCUT2D eigenvalue weighted by atomic mass is 10.1. The highest BCUT2D eigenvalue weighted by atomic mass is 32.1. The molecule has 0 saturated heterocycles. The third-order valence-electron chi connectivity index (χ3n) is 3.11. The first-order chi connectivity index (χ1) is 11.6. The molecule has 1 aromatic carbocycles. The number of nitrogens with zero attached hydrogens (tertiary/aromatic N) is 1. The van der Waals surface area contributed by atoms with Crippen molar-refractivity contribution in [1.82, 2.24) is 4.98 Å². The highest BCUT2D eigenvalue weighted by Gasteiger charge is 2.09. The summed E-state index contributed by atoms with van der Waals surface area (Å²) >= 11 is 1.23. The molecule has 0 aliphatic heterocycles. The lowest BCUT2D eigenvalue weighted by molar-refractivity contribution is -0.111. The molecule has 0 atom stereocenters. The van der Waals surface area contributed by atoms with Crippen LogP contribution < -0.4 is 5.32 Å². The molecule has 3 aromatic rings. The van der Waals surface area contributed by atoms with E-state index in [0.29, 0.717) is 16.5 Å². The highest BCUT2D eigenvalue weighted by molar-refractivity contribution is 7.15. The van der Waals surface area contributed by atoms with Crippen molar-refractivity contribution < 1.29 is 18.0 Å². The molecule has 1 amide bonds. The summed E-state index contributed by atoms with van der Waals surface area (Å²) in [6.45, 7) is 0. The molecule has 0 radical (unpaired) electrons. The Bertz CT molecular complexity index is 873. The topological polar surface area (TPSA) is 55.1 Å². The van der Waals surface area contributed by atoms with Gasteiger partial charge in [-0.2, -0.15) is 0 Å². The number of carbonyl (C=O) groups is 1. The van der Waals surface area contributed by atoms with Crippen molar-refractivity contribution in [3.05, 3.63) is 76.7 Å². The molecular weight excluding hydrogens is 334 g/mol. The van der Waals surface area contributed by atoms with Crippen LogP contribution >= 0.6 is 11.3 Å². The van der Waals surface area contributed by atoms with E-state index in [1.165, 1.54) is 41.9 Å². The first kappa shape index (κ1) is 16.1. The zero-order valence-corrected chi connectivity index (χ0v) is 13.1. The number of hydrogen-bond acceptors (Lipinski definition) is 4. The van der Waals surface area contributed by atoms with Gasteiger partial charge in [-0.25, -0.2) is 13.8 Å². The highest BCUT2D eigenvalue weighted by Crippen LogP contribution is 2.22. The van der Waals surface area contributed by atoms with Crippen LogP contribution in [0.3, 0.4) is 0 Å². The molecule has 3 rings (SSSR count). The van der Waals surface area contributed by atoms with E-state index < -0.39 is 11.6 Å². The molecule has 1 N–H and O–H groups in total. The van der Waals surface area contributed by atoms with Gasteiger partial charge in [0.15, 0.2) is 5.13 Å². The largest absolute Gasteiger partial charge is 0.465 e. The van der Waals surface area contributed by atoms with Crippen LogP contribution in [0.25, 0.3) is 6.08 Å². The maximum atomic E-state index is 13.6. The van der Waals surface area contributed by atoms with Crippen LogP contribution in [0.1, 0.15) is 16.2 Å². The van der Waals surface area contributed by atoms with Gasteiger partial charge in [0.1, 0.15) is 17.4 Å². The molecule has 2 heterocycles. The number of benzene rings is 1. The third-order valence-corrected chi connectivity index (χ3v) is 4.02. The summed E-state index contributed by atoms with van der Waals surface area (Å²) in [4.78, 5) is 16.6. The molecule has 2 aromatic heterocycles. The monoisotopic (exact) mass is 346 g/mol. The molecule has 0 aliphatic rings. The number of furan rings is 1. The Kier molecular flexibility index (Phi) is 4.81. The van der Waals surface area contributed by atoms with Crippen LogP contribution in [0.2, 0.25) is 0 Å². The summed E-state index contributed by atoms with van der Waals surface area (Å²) in [5.74, 6) is -0.996. The van der Waals surface area contributed by atoms with Crippen molar-refractivity contribution in [1.29, 1.82) is 0 Å². The van der Waals surface area contributed by atoms with Crippen LogP contribution in [0.15, 0.2) is 53.3 Å². The normalized spacial score (nSPS) is 11.1. The first-order valence-electron chi connectivity index (χ1n) is 7.01. The number of anilines is 1. The predicted octanol–water partition coefficient (Wildman–Crippen LogP) is 4.26. The van der Waals surface area contributed by atoms with Gasteiger partial charge in [-0.05, 0) is 29.8 Å². The number of thiazole rings is 1. The number of nitrogens with one attached hydrogen (secondary N) is 1. The zero-order chi connectivity index (χ0) is 16.9. The second kappa shape index (κ2) is 7.18. The van der Waals surface area contributed by atoms with E-state index in [1.54, 1.807) is 18.3 Å². The second-order valence-corrected chi connectivity index (χ2v) is 6.00. The lowest BCUT2D eigenvalue weighted by Gasteiger charge is -2.00. The van der Waals surface area contributed by atoms with Crippen molar-refractivity contribution in [3.63, 3.8) is 0 Å². The van der Waals surface area contributed by atoms with E-state index in [9.17, 15) is 13.6 Å². The molecule has 0 spiro atoms. The number of halogens is 2. The van der Waals surface area contributed by atoms with Gasteiger partial charge in [0.25, 0.3) is 0 Å². The van der Waals surface area contributed by atoms with E-state index in [1.807, 2.05) is 0 Å². The Morgan fingerprint density at radius 1 is 1.33 bits per heavy atom. The Morgan fingerprint density at radius 3 is 2.96 bits per heavy atom. The van der Waals surface area contributed by atoms with E-state index >= 15 is 0 Å². The standard InChI is InChI=1S/C17H12F2N2O2S/c18-12-4-3-11(15(19)9-12)8-14-10-20-17(24-14)21-16(22)6-5-13-2-1-7-23-13/h1-7,9-10H,8H2,(H,20,21,22). The van der Waals surface area contributed by atoms with Crippen molar-refractivity contribution in [3.8, 4) is 0 Å². The van der Waals surface area contributed by atoms with Crippen LogP contribution in [0.5, 0.6) is 0 Å². The first-order valence-corrected chi connectivity index (χ1v) is 7.83. The van der Waals surface area contributed by atoms with Crippen LogP contribution in [0, 0.1) is 11.6 Å². The molecule has 0 bridgehead atoms. The van der Waals surface area contributed by atoms with Gasteiger partial charge >= 0.3 is 0 Å². The van der Waals surface area contributed by atoms with Gasteiger partial charge in [-0.1, -0.05) is 6.07 Å². The number of rotatable bonds is 5. The molecule has 0 saturated carbocycles. The smallest absolute Gasteiger partial charge is 0.250 e. The Hall–Kier alpha value is -2.80. The fraction of sp³-hybridized carbons (Fsp3) is 0.0588. The summed E-state index contributed by atoms with van der Waals surface area (Å²) in [6, 6.07) is 6.90. The minimum absolute atomic E-state index is 0.280. The average molecular weight is 346 g/mol. The Labute approximate surface area is 140 Å². The number of hydrogen-bond donors (Lipinski definition) is 1. The van der Waals surface area contributed by atoms with Gasteiger partial charge in [-0.15, -0.1) is 11.3 Å². The van der Waals surface area contributed by atoms with E-state index in [-0.39, 0.29) is 12.3 Å². The van der Waals surface area contributed by atoms with Crippen LogP contribution in [0.4, 0.5) is 13.9 Å². The Balaban J connectivity index is 1.62. The Morgan fingerprint density at radius 2 is 2.21 bits per heavy atom. The van der Waals surface area contributed by atoms with Crippen LogP contribution in [-0.2, 0) is 11.2 Å². The summed E-state index contributed by atoms with van der Waals surface area (Å²) in [5.41, 5.74) is 0.371. The molecule has 7 heteroatoms. The van der Waals surface area contributed by atoms with Gasteiger partial charge in [0.2, 0.25) is 5.91 Å². The SMILES string of the molecule is O=C(C=Cc1ccco1)Nc1ncc(Cc2ccc(F)cc2F)s1. The van der Waals surface area contributed by atoms with E-state index in [4.69, 9.17) is 4.42 Å². The molecule has 0 aliphatic carbocycles. The van der Waals surface area contributed by atoms with Gasteiger partial charge < -0.3 is 4.42 Å². The van der Waals surface area contributed by atoms with Crippen molar-refractivity contribution in [2.75, 3.05) is 5.32 Å². The predicted molar refractivity (Wildman–Crippen MR) is 87.6 cm³/mol. The molecule has 0 fully saturated rings. The zero-order valence-electron chi connectivity index (χ0n) is 12.3. The van der Waals surface area contributed by atoms with Gasteiger partial charge in [0, 0.05) is 29.6 Å². The molecule has 122 valence electrons. The van der Waals surface area contributed by atoms with Crippen molar-refractivity contribution in [2.24, 2.45) is 0 Å². The lowest BCUT2D eigenvalue weighted by Crippen LogP contribution is -2.06. The summed E-state index contributed by atoms with van der Waals surface area (Å²) in [5, 5.41) is 3.02. The molecule has 24 heavy (non-hydrogen) atoms. The van der Waals surface area contributed by atoms with Crippen molar-refractivity contribution >= 4 is 28.5 Å². The number of aromatic nitrogens is 1. The van der Waals surface area contributed by atoms with Crippen molar-refractivity contribution in [2.45, 2.75) is 6.42 Å². The number of carbonyl (C=O) groups excluding carboxylic acids is 1. The maximum absolute atomic E-state index is 13.6. The van der Waals surface area contributed by atoms with Gasteiger partial charge in [0.05, 0.1) is 6.26 Å². The fourth-order valence-corrected chi connectivity index (χ4v) is 2.83. The van der Waals surface area contributed by atoms with E-state index in [0.717, 1.165) is 10.9 Å². The third kappa shape index (κ3) is 4.14. The molecule has 4 nitrogen and oxygen atoms in total. The second-order valence-electron chi connectivity index (χ2n) is 4.88. The number of amides is 1. The average Bonchev–Trinajstić information content (AvgIpc) is 3.20. The fourth-order valence-electron chi connectivity index (χ4n) is 1.99. The van der Waals surface area contributed by atoms with Crippen LogP contribution in [-0.4, -0.2) is 10.9 Å². The molecular formula is C17H12F2N2O2S. The summed E-state index contributed by atoms with van der Waals surface area (Å²) in [7, 11) is 0. The summed E-state index contributed by atoms with van der Waals surface area (Å²) in [6.07, 6.45) is 6.22. The summed E-state index contributed by atoms with van der Waals surface area (Å²) < 4.78 is 31.6. The van der Waals surface area contributed by atoms with E-state index in [2.05, 4.69) is 10.3 Å². The maximum Gasteiger partial charge on any atom is 0.250 e. The molecule has 0 unspecified atom stereocenters. The van der Waals surface area contributed by atoms with Gasteiger partial charge in [-0.3, -0.25) is 10.1 Å².